The summed E-state index contributed by atoms with van der Waals surface area (Å²) in [6.45, 7) is 7.83. The zero-order valence-corrected chi connectivity index (χ0v) is 18.5. The fraction of sp³-hybridized carbons (Fsp3) is 0.348. The summed E-state index contributed by atoms with van der Waals surface area (Å²) in [5.41, 5.74) is 3.22. The van der Waals surface area contributed by atoms with E-state index in [4.69, 9.17) is 9.72 Å². The van der Waals surface area contributed by atoms with Gasteiger partial charge in [-0.05, 0) is 43.0 Å². The Balaban J connectivity index is 1.49. The standard InChI is InChI=1S/C23H27N5OS/c1-17(2)11-13-28-21(15-29-20-9-5-4-6-10-20)25-26-23(28)30-16-19-14-27-12-7-8-18(3)22(27)24-19/h4-10,12,14,17H,11,13,15-16H2,1-3H3. The fourth-order valence-corrected chi connectivity index (χ4v) is 4.09. The molecule has 0 aliphatic carbocycles. The van der Waals surface area contributed by atoms with E-state index in [9.17, 15) is 0 Å². The summed E-state index contributed by atoms with van der Waals surface area (Å²) in [6, 6.07) is 14.0. The second-order valence-corrected chi connectivity index (χ2v) is 8.72. The van der Waals surface area contributed by atoms with E-state index in [2.05, 4.69) is 52.2 Å². The zero-order chi connectivity index (χ0) is 20.9. The van der Waals surface area contributed by atoms with Gasteiger partial charge < -0.3 is 13.7 Å². The molecule has 4 rings (SSSR count). The summed E-state index contributed by atoms with van der Waals surface area (Å²) in [5.74, 6) is 3.05. The number of aryl methyl sites for hydroxylation is 1. The average Bonchev–Trinajstić information content (AvgIpc) is 3.34. The highest BCUT2D eigenvalue weighted by Gasteiger charge is 2.15. The molecule has 1 aromatic carbocycles. The lowest BCUT2D eigenvalue weighted by Crippen LogP contribution is -2.10. The average molecular weight is 422 g/mol. The van der Waals surface area contributed by atoms with Crippen LogP contribution >= 0.6 is 11.8 Å². The first-order valence-electron chi connectivity index (χ1n) is 10.3. The minimum Gasteiger partial charge on any atom is -0.486 e. The van der Waals surface area contributed by atoms with E-state index in [0.29, 0.717) is 12.5 Å². The molecule has 156 valence electrons. The molecule has 0 spiro atoms. The summed E-state index contributed by atoms with van der Waals surface area (Å²) >= 11 is 1.67. The Morgan fingerprint density at radius 2 is 1.90 bits per heavy atom. The third-order valence-corrected chi connectivity index (χ3v) is 5.91. The molecule has 0 saturated carbocycles. The maximum Gasteiger partial charge on any atom is 0.191 e. The molecular formula is C23H27N5OS. The number of hydrogen-bond donors (Lipinski definition) is 0. The Hall–Kier alpha value is -2.80. The molecule has 3 aromatic heterocycles. The van der Waals surface area contributed by atoms with Crippen molar-refractivity contribution >= 4 is 17.4 Å². The highest BCUT2D eigenvalue weighted by molar-refractivity contribution is 7.98. The number of ether oxygens (including phenoxy) is 1. The van der Waals surface area contributed by atoms with Gasteiger partial charge in [-0.15, -0.1) is 10.2 Å². The maximum absolute atomic E-state index is 5.92. The van der Waals surface area contributed by atoms with Gasteiger partial charge in [-0.25, -0.2) is 4.98 Å². The molecule has 3 heterocycles. The first-order valence-corrected chi connectivity index (χ1v) is 11.2. The fourth-order valence-electron chi connectivity index (χ4n) is 3.22. The van der Waals surface area contributed by atoms with Gasteiger partial charge in [0.05, 0.1) is 5.69 Å². The third-order valence-electron chi connectivity index (χ3n) is 4.91. The van der Waals surface area contributed by atoms with Gasteiger partial charge >= 0.3 is 0 Å². The minimum atomic E-state index is 0.406. The van der Waals surface area contributed by atoms with Crippen LogP contribution in [0.2, 0.25) is 0 Å². The molecule has 0 N–H and O–H groups in total. The zero-order valence-electron chi connectivity index (χ0n) is 17.7. The van der Waals surface area contributed by atoms with Gasteiger partial charge in [-0.2, -0.15) is 0 Å². The van der Waals surface area contributed by atoms with Crippen molar-refractivity contribution in [2.45, 2.75) is 51.3 Å². The van der Waals surface area contributed by atoms with Gasteiger partial charge in [-0.1, -0.05) is 49.9 Å². The second kappa shape index (κ2) is 9.34. The molecular weight excluding hydrogens is 394 g/mol. The van der Waals surface area contributed by atoms with Crippen LogP contribution in [0, 0.1) is 12.8 Å². The number of aromatic nitrogens is 5. The summed E-state index contributed by atoms with van der Waals surface area (Å²) in [5, 5.41) is 9.79. The van der Waals surface area contributed by atoms with Crippen LogP contribution in [0.25, 0.3) is 5.65 Å². The first-order chi connectivity index (χ1) is 14.6. The van der Waals surface area contributed by atoms with Crippen LogP contribution in [-0.4, -0.2) is 24.1 Å². The summed E-state index contributed by atoms with van der Waals surface area (Å²) in [7, 11) is 0. The lowest BCUT2D eigenvalue weighted by atomic mass is 10.1. The molecule has 0 amide bonds. The van der Waals surface area contributed by atoms with Crippen molar-refractivity contribution in [1.82, 2.24) is 24.1 Å². The lowest BCUT2D eigenvalue weighted by Gasteiger charge is -2.12. The molecule has 0 radical (unpaired) electrons. The van der Waals surface area contributed by atoms with E-state index in [1.807, 2.05) is 42.6 Å². The molecule has 0 fully saturated rings. The smallest absolute Gasteiger partial charge is 0.191 e. The third kappa shape index (κ3) is 4.84. The normalized spacial score (nSPS) is 11.5. The summed E-state index contributed by atoms with van der Waals surface area (Å²) < 4.78 is 10.2. The highest BCUT2D eigenvalue weighted by atomic mass is 32.2. The number of benzene rings is 1. The predicted molar refractivity (Wildman–Crippen MR) is 120 cm³/mol. The number of pyridine rings is 1. The molecule has 0 unspecified atom stereocenters. The van der Waals surface area contributed by atoms with Crippen molar-refractivity contribution in [3.63, 3.8) is 0 Å². The van der Waals surface area contributed by atoms with Crippen LogP contribution in [0.4, 0.5) is 0 Å². The number of rotatable bonds is 9. The predicted octanol–water partition coefficient (Wildman–Crippen LogP) is 5.15. The number of nitrogens with zero attached hydrogens (tertiary/aromatic N) is 5. The first kappa shape index (κ1) is 20.5. The molecule has 0 bridgehead atoms. The van der Waals surface area contributed by atoms with Crippen molar-refractivity contribution in [2.75, 3.05) is 0 Å². The van der Waals surface area contributed by atoms with Crippen LogP contribution < -0.4 is 4.74 Å². The molecule has 4 aromatic rings. The number of para-hydroxylation sites is 1. The molecule has 0 saturated heterocycles. The molecule has 30 heavy (non-hydrogen) atoms. The van der Waals surface area contributed by atoms with Crippen molar-refractivity contribution in [1.29, 1.82) is 0 Å². The van der Waals surface area contributed by atoms with Gasteiger partial charge in [0.2, 0.25) is 0 Å². The Morgan fingerprint density at radius 3 is 2.67 bits per heavy atom. The SMILES string of the molecule is Cc1cccn2cc(CSc3nnc(COc4ccccc4)n3CCC(C)C)nc12. The Morgan fingerprint density at radius 1 is 1.07 bits per heavy atom. The van der Waals surface area contributed by atoms with E-state index in [1.54, 1.807) is 11.8 Å². The largest absolute Gasteiger partial charge is 0.486 e. The summed E-state index contributed by atoms with van der Waals surface area (Å²) in [6.07, 6.45) is 5.19. The van der Waals surface area contributed by atoms with E-state index in [-0.39, 0.29) is 0 Å². The molecule has 7 heteroatoms. The summed E-state index contributed by atoms with van der Waals surface area (Å²) in [4.78, 5) is 4.77. The van der Waals surface area contributed by atoms with E-state index >= 15 is 0 Å². The topological polar surface area (TPSA) is 57.2 Å². The van der Waals surface area contributed by atoms with Gasteiger partial charge in [0.1, 0.15) is 18.0 Å². The molecule has 6 nitrogen and oxygen atoms in total. The van der Waals surface area contributed by atoms with Crippen LogP contribution in [0.3, 0.4) is 0 Å². The van der Waals surface area contributed by atoms with Crippen LogP contribution in [-0.2, 0) is 18.9 Å². The number of fused-ring (bicyclic) bond motifs is 1. The van der Waals surface area contributed by atoms with Gasteiger partial charge in [0, 0.05) is 24.7 Å². The molecule has 0 aliphatic heterocycles. The maximum atomic E-state index is 5.92. The van der Waals surface area contributed by atoms with E-state index in [0.717, 1.165) is 46.8 Å². The van der Waals surface area contributed by atoms with Crippen LogP contribution in [0.1, 0.15) is 37.4 Å². The Labute approximate surface area is 181 Å². The number of hydrogen-bond acceptors (Lipinski definition) is 5. The van der Waals surface area contributed by atoms with Crippen molar-refractivity contribution < 1.29 is 4.74 Å². The number of thioether (sulfide) groups is 1. The highest BCUT2D eigenvalue weighted by Crippen LogP contribution is 2.24. The number of imidazole rings is 1. The van der Waals surface area contributed by atoms with E-state index in [1.165, 1.54) is 5.56 Å². The van der Waals surface area contributed by atoms with Crippen LogP contribution in [0.15, 0.2) is 60.0 Å². The van der Waals surface area contributed by atoms with Crippen LogP contribution in [0.5, 0.6) is 5.75 Å². The quantitative estimate of drug-likeness (QED) is 0.350. The second-order valence-electron chi connectivity index (χ2n) is 7.78. The Bertz CT molecular complexity index is 1100. The lowest BCUT2D eigenvalue weighted by molar-refractivity contribution is 0.285. The van der Waals surface area contributed by atoms with Gasteiger partial charge in [0.15, 0.2) is 11.0 Å². The van der Waals surface area contributed by atoms with Gasteiger partial charge in [-0.3, -0.25) is 0 Å². The van der Waals surface area contributed by atoms with Crippen molar-refractivity contribution in [3.8, 4) is 5.75 Å². The van der Waals surface area contributed by atoms with Crippen molar-refractivity contribution in [2.24, 2.45) is 5.92 Å². The Kier molecular flexibility index (Phi) is 6.38. The van der Waals surface area contributed by atoms with Gasteiger partial charge in [0.25, 0.3) is 0 Å². The van der Waals surface area contributed by atoms with Crippen molar-refractivity contribution in [3.05, 3.63) is 71.9 Å². The monoisotopic (exact) mass is 421 g/mol. The molecule has 0 atom stereocenters. The van der Waals surface area contributed by atoms with E-state index < -0.39 is 0 Å². The molecule has 0 aliphatic rings. The minimum absolute atomic E-state index is 0.406.